The van der Waals surface area contributed by atoms with Crippen LogP contribution in [0.1, 0.15) is 91.2 Å². The molecular weight excluding hydrogens is 760 g/mol. The third-order valence-electron chi connectivity index (χ3n) is 8.95. The second-order valence-electron chi connectivity index (χ2n) is 14.5. The van der Waals surface area contributed by atoms with Crippen LogP contribution in [-0.2, 0) is 56.0 Å². The van der Waals surface area contributed by atoms with Gasteiger partial charge in [-0.1, -0.05) is 5.21 Å². The van der Waals surface area contributed by atoms with Crippen LogP contribution in [0, 0.1) is 0 Å². The maximum absolute atomic E-state index is 13.5. The Morgan fingerprint density at radius 2 is 1.62 bits per heavy atom. The van der Waals surface area contributed by atoms with Crippen LogP contribution in [0.15, 0.2) is 11.2 Å². The Hall–Kier alpha value is -5.38. The molecule has 22 heteroatoms. The highest BCUT2D eigenvalue weighted by Gasteiger charge is 2.29. The van der Waals surface area contributed by atoms with E-state index in [9.17, 15) is 38.7 Å². The number of rotatable bonds is 23. The lowest BCUT2D eigenvalue weighted by molar-refractivity contribution is -0.140. The van der Waals surface area contributed by atoms with Crippen molar-refractivity contribution in [3.8, 4) is 0 Å². The van der Waals surface area contributed by atoms with Gasteiger partial charge in [-0.25, -0.2) is 0 Å². The van der Waals surface area contributed by atoms with Crippen molar-refractivity contribution in [2.45, 2.75) is 128 Å². The summed E-state index contributed by atoms with van der Waals surface area (Å²) in [5, 5.41) is 32.4. The molecule has 1 aromatic rings. The van der Waals surface area contributed by atoms with Gasteiger partial charge < -0.3 is 57.9 Å². The maximum Gasteiger partial charge on any atom is 0.305 e. The van der Waals surface area contributed by atoms with E-state index in [4.69, 9.17) is 20.9 Å². The van der Waals surface area contributed by atoms with Crippen LogP contribution in [0.2, 0.25) is 0 Å². The van der Waals surface area contributed by atoms with Gasteiger partial charge in [0.2, 0.25) is 35.4 Å². The molecule has 2 rings (SSSR count). The van der Waals surface area contributed by atoms with Gasteiger partial charge in [0.05, 0.1) is 36.9 Å². The molecule has 1 aromatic heterocycles. The van der Waals surface area contributed by atoms with Crippen molar-refractivity contribution in [2.75, 3.05) is 39.4 Å². The fourth-order valence-electron chi connectivity index (χ4n) is 5.73. The molecule has 326 valence electrons. The summed E-state index contributed by atoms with van der Waals surface area (Å²) in [4.78, 5) is 92.3. The highest BCUT2D eigenvalue weighted by Crippen LogP contribution is 2.15. The summed E-state index contributed by atoms with van der Waals surface area (Å²) in [5.41, 5.74) is 11.2. The van der Waals surface area contributed by atoms with E-state index in [0.29, 0.717) is 44.7 Å². The first-order valence-electron chi connectivity index (χ1n) is 19.6. The predicted molar refractivity (Wildman–Crippen MR) is 210 cm³/mol. The molecule has 11 N–H and O–H groups in total. The van der Waals surface area contributed by atoms with Crippen molar-refractivity contribution >= 4 is 47.4 Å². The van der Waals surface area contributed by atoms with Crippen LogP contribution in [-0.4, -0.2) is 137 Å². The molecule has 0 bridgehead atoms. The van der Waals surface area contributed by atoms with Crippen molar-refractivity contribution in [1.82, 2.24) is 46.9 Å². The molecule has 1 fully saturated rings. The van der Waals surface area contributed by atoms with Gasteiger partial charge in [-0.05, 0) is 72.6 Å². The lowest BCUT2D eigenvalue weighted by atomic mass is 10.1. The molecule has 22 nitrogen and oxygen atoms in total. The number of ether oxygens (including phenoxy) is 2. The zero-order valence-electron chi connectivity index (χ0n) is 34.0. The number of aliphatic imine (C=N–C) groups is 1. The lowest BCUT2D eigenvalue weighted by Crippen LogP contribution is -2.55. The van der Waals surface area contributed by atoms with E-state index in [0.717, 1.165) is 12.8 Å². The number of unbranched alkanes of at least 4 members (excludes halogenated alkanes) is 1. The molecule has 0 saturated carbocycles. The number of amides is 6. The summed E-state index contributed by atoms with van der Waals surface area (Å²) in [6, 6.07) is -3.86. The Kier molecular flexibility index (Phi) is 21.7. The Bertz CT molecular complexity index is 1550. The topological polar surface area (TPSA) is 325 Å². The van der Waals surface area contributed by atoms with Gasteiger partial charge in [0.1, 0.15) is 18.1 Å². The third-order valence-corrected chi connectivity index (χ3v) is 8.95. The minimum absolute atomic E-state index is 0.0235. The number of carboxylic acids is 1. The highest BCUT2D eigenvalue weighted by atomic mass is 16.5. The number of guanidine groups is 1. The highest BCUT2D eigenvalue weighted by molar-refractivity contribution is 5.97. The fourth-order valence-corrected chi connectivity index (χ4v) is 5.73. The summed E-state index contributed by atoms with van der Waals surface area (Å²) < 4.78 is 13.4. The summed E-state index contributed by atoms with van der Waals surface area (Å²) in [6.45, 7) is 9.08. The van der Waals surface area contributed by atoms with E-state index in [2.05, 4.69) is 47.2 Å². The second-order valence-corrected chi connectivity index (χ2v) is 14.5. The van der Waals surface area contributed by atoms with Crippen molar-refractivity contribution in [2.24, 2.45) is 16.5 Å². The number of carboxylic acid groups (broad SMARTS) is 1. The average Bonchev–Trinajstić information content (AvgIpc) is 3.61. The van der Waals surface area contributed by atoms with Crippen molar-refractivity contribution in [3.05, 3.63) is 11.9 Å². The van der Waals surface area contributed by atoms with E-state index in [1.54, 1.807) is 10.9 Å². The molecule has 0 radical (unpaired) electrons. The van der Waals surface area contributed by atoms with E-state index in [1.165, 1.54) is 0 Å². The van der Waals surface area contributed by atoms with Gasteiger partial charge in [0.15, 0.2) is 5.96 Å². The number of nitrogens with zero attached hydrogens (tertiary/aromatic N) is 4. The predicted octanol–water partition coefficient (Wildman–Crippen LogP) is -2.27. The lowest BCUT2D eigenvalue weighted by Gasteiger charge is -2.25. The Morgan fingerprint density at radius 1 is 0.983 bits per heavy atom. The third kappa shape index (κ3) is 20.7. The monoisotopic (exact) mass is 822 g/mol. The summed E-state index contributed by atoms with van der Waals surface area (Å²) in [6.07, 6.45) is 4.37. The van der Waals surface area contributed by atoms with Crippen molar-refractivity contribution < 1.29 is 48.1 Å². The first kappa shape index (κ1) is 48.8. The summed E-state index contributed by atoms with van der Waals surface area (Å²) in [5.74, 6) is -5.79. The quantitative estimate of drug-likeness (QED) is 0.0319. The standard InChI is InChI=1S/C36H62N12O10/c1-5-58-36(3,4)14-18-57-23(2)13-17-48-22-24(46-47-48)11-12-28(49)39-15-7-6-9-26-34(56)45-25(10-8-16-40-35(37)38)32(54)41-21-30(51)44-27(19-31(52)53)33(55)42-20-29(50)43-26/h22-23,25-27H,5-21H2,1-4H3,(H,39,49)(H,41,54)(H,42,55)(H,43,50)(H,44,51)(H,45,56)(H,52,53)(H4,37,38,40). The van der Waals surface area contributed by atoms with Crippen LogP contribution in [0.5, 0.6) is 0 Å². The maximum atomic E-state index is 13.5. The number of nitrogens with two attached hydrogens (primary N) is 2. The Balaban J connectivity index is 1.91. The molecule has 1 saturated heterocycles. The minimum atomic E-state index is -1.54. The minimum Gasteiger partial charge on any atom is -0.481 e. The number of aryl methyl sites for hydroxylation is 2. The van der Waals surface area contributed by atoms with Crippen molar-refractivity contribution in [1.29, 1.82) is 0 Å². The van der Waals surface area contributed by atoms with Gasteiger partial charge in [-0.3, -0.25) is 43.2 Å². The Labute approximate surface area is 338 Å². The number of carbonyl (C=O) groups excluding carboxylic acids is 6. The first-order chi connectivity index (χ1) is 27.5. The smallest absolute Gasteiger partial charge is 0.305 e. The molecule has 2 heterocycles. The molecule has 0 aliphatic carbocycles. The van der Waals surface area contributed by atoms with Crippen molar-refractivity contribution in [3.63, 3.8) is 0 Å². The fraction of sp³-hybridized carbons (Fsp3) is 0.722. The van der Waals surface area contributed by atoms with Gasteiger partial charge in [-0.15, -0.1) is 5.10 Å². The van der Waals surface area contributed by atoms with E-state index in [-0.39, 0.29) is 62.3 Å². The van der Waals surface area contributed by atoms with Gasteiger partial charge in [0, 0.05) is 51.9 Å². The van der Waals surface area contributed by atoms with E-state index in [1.807, 2.05) is 27.7 Å². The van der Waals surface area contributed by atoms with Crippen LogP contribution in [0.3, 0.4) is 0 Å². The number of aliphatic carboxylic acids is 1. The molecule has 0 aromatic carbocycles. The molecule has 1 aliphatic rings. The number of aromatic nitrogens is 3. The molecule has 4 atom stereocenters. The number of carbonyl (C=O) groups is 7. The molecule has 4 unspecified atom stereocenters. The average molecular weight is 823 g/mol. The van der Waals surface area contributed by atoms with Gasteiger partial charge >= 0.3 is 5.97 Å². The number of nitrogens with one attached hydrogen (secondary N) is 6. The zero-order chi connectivity index (χ0) is 43.1. The van der Waals surface area contributed by atoms with Gasteiger partial charge in [-0.2, -0.15) is 0 Å². The van der Waals surface area contributed by atoms with Crippen LogP contribution in [0.4, 0.5) is 0 Å². The Morgan fingerprint density at radius 3 is 2.28 bits per heavy atom. The van der Waals surface area contributed by atoms with Gasteiger partial charge in [0.25, 0.3) is 0 Å². The van der Waals surface area contributed by atoms with E-state index < -0.39 is 73.1 Å². The number of hydrogen-bond donors (Lipinski definition) is 9. The molecule has 0 spiro atoms. The molecule has 1 aliphatic heterocycles. The SMILES string of the molecule is CCOC(C)(C)CCOC(C)CCn1cc(CCC(=O)NCCCCC2NC(=O)CNC(=O)C(CC(=O)O)NC(=O)CNC(=O)C(CCCN=C(N)N)NC2=O)nn1. The van der Waals surface area contributed by atoms with Crippen LogP contribution >= 0.6 is 0 Å². The van der Waals surface area contributed by atoms with Crippen LogP contribution < -0.4 is 43.4 Å². The number of hydrogen-bond acceptors (Lipinski definition) is 12. The largest absolute Gasteiger partial charge is 0.481 e. The summed E-state index contributed by atoms with van der Waals surface area (Å²) >= 11 is 0. The van der Waals surface area contributed by atoms with E-state index >= 15 is 0 Å². The second kappa shape index (κ2) is 25.8. The summed E-state index contributed by atoms with van der Waals surface area (Å²) in [7, 11) is 0. The zero-order valence-corrected chi connectivity index (χ0v) is 34.0. The van der Waals surface area contributed by atoms with Crippen LogP contribution in [0.25, 0.3) is 0 Å². The normalized spacial score (nSPS) is 19.0. The first-order valence-corrected chi connectivity index (χ1v) is 19.6. The molecule has 58 heavy (non-hydrogen) atoms. The molecule has 6 amide bonds. The molecular formula is C36H62N12O10.